The summed E-state index contributed by atoms with van der Waals surface area (Å²) >= 11 is 0. The molecule has 268 valence electrons. The fourth-order valence-electron chi connectivity index (χ4n) is 6.87. The fourth-order valence-corrected chi connectivity index (χ4v) is 6.87. The molecule has 8 nitrogen and oxygen atoms in total. The molecule has 1 fully saturated rings. The minimum absolute atomic E-state index is 0.0337. The van der Waals surface area contributed by atoms with E-state index in [0.717, 1.165) is 10.9 Å². The first kappa shape index (κ1) is 36.2. The van der Waals surface area contributed by atoms with Crippen LogP contribution in [0.4, 0.5) is 51.1 Å². The summed E-state index contributed by atoms with van der Waals surface area (Å²) in [6, 6.07) is 2.62. The Morgan fingerprint density at radius 3 is 2.06 bits per heavy atom. The van der Waals surface area contributed by atoms with Gasteiger partial charge in [0.05, 0.1) is 42.3 Å². The van der Waals surface area contributed by atoms with E-state index >= 15 is 0 Å². The van der Waals surface area contributed by atoms with E-state index in [9.17, 15) is 44.3 Å². The number of tetrazole rings is 1. The molecule has 3 aromatic rings. The molecule has 49 heavy (non-hydrogen) atoms. The number of rotatable bonds is 7. The molecule has 1 aliphatic heterocycles. The number of halogens is 9. The number of alkyl halides is 9. The van der Waals surface area contributed by atoms with Crippen LogP contribution in [0.25, 0.3) is 0 Å². The van der Waals surface area contributed by atoms with Gasteiger partial charge in [-0.1, -0.05) is 11.2 Å². The van der Waals surface area contributed by atoms with Crippen LogP contribution in [0.1, 0.15) is 84.9 Å². The van der Waals surface area contributed by atoms with E-state index in [2.05, 4.69) is 15.4 Å². The van der Waals surface area contributed by atoms with Crippen molar-refractivity contribution in [3.63, 3.8) is 0 Å². The molecule has 1 aliphatic carbocycles. The Hall–Kier alpha value is -4.05. The van der Waals surface area contributed by atoms with Gasteiger partial charge in [0.1, 0.15) is 0 Å². The number of hydrogen-bond acceptors (Lipinski definition) is 7. The van der Waals surface area contributed by atoms with Crippen LogP contribution in [0.3, 0.4) is 0 Å². The van der Waals surface area contributed by atoms with Gasteiger partial charge in [0.15, 0.2) is 0 Å². The van der Waals surface area contributed by atoms with Crippen LogP contribution in [0.2, 0.25) is 0 Å². The van der Waals surface area contributed by atoms with Crippen LogP contribution in [0.5, 0.6) is 0 Å². The number of esters is 1. The number of carbonyl (C=O) groups is 1. The highest BCUT2D eigenvalue weighted by molar-refractivity contribution is 5.72. The second-order valence-electron chi connectivity index (χ2n) is 12.5. The Kier molecular flexibility index (Phi) is 10.1. The summed E-state index contributed by atoms with van der Waals surface area (Å²) in [5.41, 5.74) is -3.68. The number of aromatic nitrogens is 4. The molecule has 0 radical (unpaired) electrons. The molecule has 0 saturated heterocycles. The quantitative estimate of drug-likeness (QED) is 0.182. The first-order valence-electron chi connectivity index (χ1n) is 15.8. The molecule has 17 heteroatoms. The highest BCUT2D eigenvalue weighted by Crippen LogP contribution is 2.46. The van der Waals surface area contributed by atoms with Crippen LogP contribution in [0, 0.1) is 12.8 Å². The number of anilines is 2. The second-order valence-corrected chi connectivity index (χ2v) is 12.5. The van der Waals surface area contributed by atoms with Crippen LogP contribution in [-0.4, -0.2) is 45.4 Å². The molecule has 1 unspecified atom stereocenters. The van der Waals surface area contributed by atoms with E-state index in [1.807, 2.05) is 4.90 Å². The number of benzene rings is 2. The van der Waals surface area contributed by atoms with E-state index < -0.39 is 47.8 Å². The van der Waals surface area contributed by atoms with Crippen LogP contribution < -0.4 is 9.80 Å². The Bertz CT molecular complexity index is 1610. The second kappa shape index (κ2) is 13.7. The topological polar surface area (TPSA) is 76.4 Å². The summed E-state index contributed by atoms with van der Waals surface area (Å²) < 4.78 is 131. The SMILES string of the molecule is CCOC(=O)C1CCC(N2CCCC(N(Cc3cc(C(F)(F)F)cc(C(F)(F)F)c3)c3nnn(C)n3)c3cc(C)c(C(F)(F)F)cc32)CC1. The zero-order chi connectivity index (χ0) is 35.9. The number of aryl methyl sites for hydroxylation is 2. The highest BCUT2D eigenvalue weighted by Gasteiger charge is 2.41. The molecular formula is C32H35F9N6O2. The van der Waals surface area contributed by atoms with Crippen LogP contribution >= 0.6 is 0 Å². The number of nitrogens with zero attached hydrogens (tertiary/aromatic N) is 6. The largest absolute Gasteiger partial charge is 0.466 e. The van der Waals surface area contributed by atoms with Gasteiger partial charge in [-0.25, -0.2) is 0 Å². The summed E-state index contributed by atoms with van der Waals surface area (Å²) in [6.45, 7) is 3.02. The Balaban J connectivity index is 1.61. The molecule has 1 saturated carbocycles. The van der Waals surface area contributed by atoms with Crippen molar-refractivity contribution in [3.05, 3.63) is 63.7 Å². The van der Waals surface area contributed by atoms with Gasteiger partial charge in [0.25, 0.3) is 5.95 Å². The lowest BCUT2D eigenvalue weighted by Gasteiger charge is -2.39. The summed E-state index contributed by atoms with van der Waals surface area (Å²) in [6.07, 6.45) is -12.2. The lowest BCUT2D eigenvalue weighted by atomic mass is 9.84. The molecule has 0 N–H and O–H groups in total. The molecular weight excluding hydrogens is 671 g/mol. The van der Waals surface area contributed by atoms with E-state index in [1.54, 1.807) is 6.92 Å². The van der Waals surface area contributed by atoms with Gasteiger partial charge in [0, 0.05) is 24.8 Å². The Morgan fingerprint density at radius 2 is 1.53 bits per heavy atom. The molecule has 1 aromatic heterocycles. The average molecular weight is 707 g/mol. The van der Waals surface area contributed by atoms with Gasteiger partial charge in [0.2, 0.25) is 0 Å². The van der Waals surface area contributed by atoms with Crippen molar-refractivity contribution >= 4 is 17.6 Å². The zero-order valence-corrected chi connectivity index (χ0v) is 26.9. The molecule has 2 heterocycles. The van der Waals surface area contributed by atoms with Crippen LogP contribution in [0.15, 0.2) is 30.3 Å². The molecule has 0 amide bonds. The normalized spacial score (nSPS) is 20.5. The smallest absolute Gasteiger partial charge is 0.416 e. The number of fused-ring (bicyclic) bond motifs is 1. The predicted octanol–water partition coefficient (Wildman–Crippen LogP) is 8.04. The number of ether oxygens (including phenoxy) is 1. The van der Waals surface area contributed by atoms with Gasteiger partial charge in [-0.15, -0.1) is 5.10 Å². The van der Waals surface area contributed by atoms with Gasteiger partial charge >= 0.3 is 24.5 Å². The average Bonchev–Trinajstić information content (AvgIpc) is 3.36. The first-order chi connectivity index (χ1) is 22.9. The summed E-state index contributed by atoms with van der Waals surface area (Å²) in [5, 5.41) is 12.0. The molecule has 5 rings (SSSR count). The van der Waals surface area contributed by atoms with Gasteiger partial charge in [-0.05, 0) is 98.5 Å². The molecule has 0 spiro atoms. The highest BCUT2D eigenvalue weighted by atomic mass is 19.4. The third-order valence-corrected chi connectivity index (χ3v) is 9.11. The van der Waals surface area contributed by atoms with Crippen molar-refractivity contribution in [2.24, 2.45) is 13.0 Å². The third kappa shape index (κ3) is 8.06. The molecule has 1 atom stereocenters. The summed E-state index contributed by atoms with van der Waals surface area (Å²) in [5.74, 6) is -0.764. The zero-order valence-electron chi connectivity index (χ0n) is 26.9. The maximum atomic E-state index is 14.3. The van der Waals surface area contributed by atoms with Gasteiger partial charge < -0.3 is 14.5 Å². The van der Waals surface area contributed by atoms with Crippen molar-refractivity contribution in [1.29, 1.82) is 0 Å². The monoisotopic (exact) mass is 706 g/mol. The number of hydrogen-bond donors (Lipinski definition) is 0. The van der Waals surface area contributed by atoms with Gasteiger partial charge in [-0.3, -0.25) is 4.79 Å². The summed E-state index contributed by atoms with van der Waals surface area (Å²) in [7, 11) is 1.43. The van der Waals surface area contributed by atoms with E-state index in [0.29, 0.717) is 56.3 Å². The van der Waals surface area contributed by atoms with Gasteiger partial charge in [-0.2, -0.15) is 44.3 Å². The van der Waals surface area contributed by atoms with E-state index in [-0.39, 0.29) is 59.8 Å². The van der Waals surface area contributed by atoms with Crippen molar-refractivity contribution in [2.45, 2.75) is 89.5 Å². The fraction of sp³-hybridized carbons (Fsp3) is 0.562. The molecule has 2 aromatic carbocycles. The maximum absolute atomic E-state index is 14.3. The standard InChI is InChI=1S/C32H35F9N6O2/c1-4-49-28(48)20-7-9-23(10-8-20)46-11-5-6-26(24-12-18(2)25(16-27(24)46)32(39,40)41)47(29-42-44-45(3)43-29)17-19-13-21(30(33,34)35)15-22(14-19)31(36,37)38/h12-16,20,23,26H,4-11,17H2,1-3H3. The summed E-state index contributed by atoms with van der Waals surface area (Å²) in [4.78, 5) is 16.7. The first-order valence-corrected chi connectivity index (χ1v) is 15.8. The minimum atomic E-state index is -5.08. The van der Waals surface area contributed by atoms with Crippen LogP contribution in [-0.2, 0) is 41.7 Å². The predicted molar refractivity (Wildman–Crippen MR) is 159 cm³/mol. The third-order valence-electron chi connectivity index (χ3n) is 9.11. The van der Waals surface area contributed by atoms with Crippen molar-refractivity contribution in [1.82, 2.24) is 20.2 Å². The van der Waals surface area contributed by atoms with Crippen molar-refractivity contribution in [2.75, 3.05) is 23.0 Å². The lowest BCUT2D eigenvalue weighted by molar-refractivity contribution is -0.149. The Morgan fingerprint density at radius 1 is 0.898 bits per heavy atom. The van der Waals surface area contributed by atoms with E-state index in [1.165, 1.54) is 24.9 Å². The Labute approximate surface area is 276 Å². The maximum Gasteiger partial charge on any atom is 0.416 e. The van der Waals surface area contributed by atoms with Crippen molar-refractivity contribution < 1.29 is 49.0 Å². The van der Waals surface area contributed by atoms with E-state index in [4.69, 9.17) is 4.74 Å². The number of carbonyl (C=O) groups excluding carboxylic acids is 1. The van der Waals surface area contributed by atoms with Crippen molar-refractivity contribution in [3.8, 4) is 0 Å². The molecule has 0 bridgehead atoms. The minimum Gasteiger partial charge on any atom is -0.466 e. The lowest BCUT2D eigenvalue weighted by Crippen LogP contribution is -2.40. The molecule has 2 aliphatic rings.